The molecule has 1 aliphatic heterocycles. The normalized spacial score (nSPS) is 13.9. The molecule has 2 aromatic heterocycles. The van der Waals surface area contributed by atoms with Crippen LogP contribution in [0.4, 0.5) is 5.82 Å². The molecule has 3 heterocycles. The van der Waals surface area contributed by atoms with Crippen LogP contribution in [0.1, 0.15) is 41.6 Å². The van der Waals surface area contributed by atoms with Crippen molar-refractivity contribution in [2.24, 2.45) is 0 Å². The molecule has 0 aliphatic carbocycles. The standard InChI is InChI=1S/C28H30N6O/c1-20(2)27-29-21(3)18-25(30-27)32-14-16-33(17-15-32)28(35)24-19-34(23-12-8-5-9-13-23)31-26(24)22-10-6-4-7-11-22/h4-13,18-20H,14-17H2,1-3H3. The Morgan fingerprint density at radius 1 is 0.886 bits per heavy atom. The smallest absolute Gasteiger partial charge is 0.257 e. The molecule has 0 N–H and O–H groups in total. The first kappa shape index (κ1) is 22.8. The van der Waals surface area contributed by atoms with E-state index in [1.54, 1.807) is 4.68 Å². The number of aryl methyl sites for hydroxylation is 1. The Morgan fingerprint density at radius 3 is 2.20 bits per heavy atom. The first-order chi connectivity index (χ1) is 17.0. The number of carbonyl (C=O) groups excluding carboxylic acids is 1. The maximum atomic E-state index is 13.7. The minimum absolute atomic E-state index is 0.00687. The van der Waals surface area contributed by atoms with Crippen molar-refractivity contribution in [3.05, 3.63) is 90.0 Å². The van der Waals surface area contributed by atoms with Crippen LogP contribution < -0.4 is 4.90 Å². The molecule has 0 radical (unpaired) electrons. The molecule has 1 amide bonds. The van der Waals surface area contributed by atoms with Gasteiger partial charge in [0.25, 0.3) is 5.91 Å². The van der Waals surface area contributed by atoms with Crippen molar-refractivity contribution < 1.29 is 4.79 Å². The van der Waals surface area contributed by atoms with Gasteiger partial charge < -0.3 is 9.80 Å². The summed E-state index contributed by atoms with van der Waals surface area (Å²) in [4.78, 5) is 27.2. The van der Waals surface area contributed by atoms with E-state index in [-0.39, 0.29) is 11.8 Å². The third-order valence-corrected chi connectivity index (χ3v) is 6.28. The highest BCUT2D eigenvalue weighted by molar-refractivity contribution is 6.00. The first-order valence-electron chi connectivity index (χ1n) is 12.1. The average Bonchev–Trinajstić information content (AvgIpc) is 3.35. The molecule has 2 aromatic carbocycles. The highest BCUT2D eigenvalue weighted by Gasteiger charge is 2.27. The van der Waals surface area contributed by atoms with Gasteiger partial charge in [0.1, 0.15) is 17.3 Å². The molecule has 0 spiro atoms. The highest BCUT2D eigenvalue weighted by Crippen LogP contribution is 2.26. The van der Waals surface area contributed by atoms with Crippen LogP contribution in [0.3, 0.4) is 0 Å². The van der Waals surface area contributed by atoms with Crippen molar-refractivity contribution in [3.8, 4) is 16.9 Å². The molecule has 7 heteroatoms. The van der Waals surface area contributed by atoms with E-state index in [4.69, 9.17) is 10.1 Å². The summed E-state index contributed by atoms with van der Waals surface area (Å²) in [7, 11) is 0. The van der Waals surface area contributed by atoms with Crippen molar-refractivity contribution in [1.29, 1.82) is 0 Å². The number of hydrogen-bond acceptors (Lipinski definition) is 5. The van der Waals surface area contributed by atoms with Crippen LogP contribution in [0.15, 0.2) is 72.9 Å². The van der Waals surface area contributed by atoms with E-state index in [1.807, 2.05) is 84.8 Å². The Morgan fingerprint density at radius 2 is 1.54 bits per heavy atom. The second-order valence-electron chi connectivity index (χ2n) is 9.20. The molecule has 0 bridgehead atoms. The number of aromatic nitrogens is 4. The van der Waals surface area contributed by atoms with Gasteiger partial charge in [-0.15, -0.1) is 0 Å². The summed E-state index contributed by atoms with van der Waals surface area (Å²) in [5.74, 6) is 2.08. The van der Waals surface area contributed by atoms with Gasteiger partial charge in [-0.05, 0) is 19.1 Å². The van der Waals surface area contributed by atoms with Gasteiger partial charge in [-0.3, -0.25) is 4.79 Å². The zero-order valence-corrected chi connectivity index (χ0v) is 20.4. The number of piperazine rings is 1. The molecule has 178 valence electrons. The minimum atomic E-state index is 0.00687. The topological polar surface area (TPSA) is 67.2 Å². The van der Waals surface area contributed by atoms with Gasteiger partial charge in [-0.25, -0.2) is 14.6 Å². The van der Waals surface area contributed by atoms with Crippen molar-refractivity contribution in [3.63, 3.8) is 0 Å². The van der Waals surface area contributed by atoms with E-state index in [0.717, 1.165) is 41.7 Å². The summed E-state index contributed by atoms with van der Waals surface area (Å²) in [5, 5.41) is 4.81. The zero-order chi connectivity index (χ0) is 24.4. The summed E-state index contributed by atoms with van der Waals surface area (Å²) < 4.78 is 1.79. The van der Waals surface area contributed by atoms with Crippen molar-refractivity contribution in [2.45, 2.75) is 26.7 Å². The number of amides is 1. The van der Waals surface area contributed by atoms with Crippen LogP contribution in [0.25, 0.3) is 16.9 Å². The molecule has 1 saturated heterocycles. The van der Waals surface area contributed by atoms with Crippen LogP contribution in [-0.4, -0.2) is 56.7 Å². The van der Waals surface area contributed by atoms with Gasteiger partial charge in [-0.1, -0.05) is 62.4 Å². The van der Waals surface area contributed by atoms with Crippen molar-refractivity contribution >= 4 is 11.7 Å². The van der Waals surface area contributed by atoms with Crippen LogP contribution in [0.2, 0.25) is 0 Å². The van der Waals surface area contributed by atoms with Gasteiger partial charge in [-0.2, -0.15) is 5.10 Å². The van der Waals surface area contributed by atoms with Gasteiger partial charge >= 0.3 is 0 Å². The lowest BCUT2D eigenvalue weighted by atomic mass is 10.1. The number of benzene rings is 2. The molecule has 5 rings (SSSR count). The number of hydrogen-bond donors (Lipinski definition) is 0. The summed E-state index contributed by atoms with van der Waals surface area (Å²) in [6.45, 7) is 8.93. The predicted molar refractivity (Wildman–Crippen MR) is 138 cm³/mol. The number of para-hydroxylation sites is 1. The van der Waals surface area contributed by atoms with Gasteiger partial charge in [0, 0.05) is 55.6 Å². The Bertz CT molecular complexity index is 1310. The Labute approximate surface area is 206 Å². The largest absolute Gasteiger partial charge is 0.353 e. The van der Waals surface area contributed by atoms with Crippen LogP contribution >= 0.6 is 0 Å². The highest BCUT2D eigenvalue weighted by atomic mass is 16.2. The molecule has 7 nitrogen and oxygen atoms in total. The predicted octanol–water partition coefficient (Wildman–Crippen LogP) is 4.72. The lowest BCUT2D eigenvalue weighted by molar-refractivity contribution is 0.0747. The van der Waals surface area contributed by atoms with E-state index < -0.39 is 0 Å². The van der Waals surface area contributed by atoms with E-state index in [9.17, 15) is 4.79 Å². The van der Waals surface area contributed by atoms with E-state index >= 15 is 0 Å². The fraction of sp³-hybridized carbons (Fsp3) is 0.286. The molecule has 0 atom stereocenters. The average molecular weight is 467 g/mol. The molecular formula is C28H30N6O. The van der Waals surface area contributed by atoms with Gasteiger partial charge in [0.2, 0.25) is 0 Å². The van der Waals surface area contributed by atoms with Crippen LogP contribution in [0, 0.1) is 6.92 Å². The maximum Gasteiger partial charge on any atom is 0.257 e. The molecule has 1 fully saturated rings. The van der Waals surface area contributed by atoms with Crippen LogP contribution in [-0.2, 0) is 0 Å². The lowest BCUT2D eigenvalue weighted by Crippen LogP contribution is -2.49. The fourth-order valence-corrected chi connectivity index (χ4v) is 4.36. The Kier molecular flexibility index (Phi) is 6.31. The second-order valence-corrected chi connectivity index (χ2v) is 9.20. The summed E-state index contributed by atoms with van der Waals surface area (Å²) >= 11 is 0. The van der Waals surface area contributed by atoms with Gasteiger partial charge in [0.05, 0.1) is 11.3 Å². The SMILES string of the molecule is Cc1cc(N2CCN(C(=O)c3cn(-c4ccccc4)nc3-c3ccccc3)CC2)nc(C(C)C)n1. The zero-order valence-electron chi connectivity index (χ0n) is 20.4. The van der Waals surface area contributed by atoms with E-state index in [0.29, 0.717) is 24.3 Å². The number of nitrogens with zero attached hydrogens (tertiary/aromatic N) is 6. The quantitative estimate of drug-likeness (QED) is 0.426. The summed E-state index contributed by atoms with van der Waals surface area (Å²) in [5.41, 5.74) is 4.15. The maximum absolute atomic E-state index is 13.7. The van der Waals surface area contributed by atoms with Crippen molar-refractivity contribution in [1.82, 2.24) is 24.6 Å². The van der Waals surface area contributed by atoms with Crippen LogP contribution in [0.5, 0.6) is 0 Å². The Balaban J connectivity index is 1.39. The summed E-state index contributed by atoms with van der Waals surface area (Å²) in [6.07, 6.45) is 1.86. The van der Waals surface area contributed by atoms with Gasteiger partial charge in [0.15, 0.2) is 0 Å². The third kappa shape index (κ3) is 4.80. The number of carbonyl (C=O) groups is 1. The second kappa shape index (κ2) is 9.70. The molecular weight excluding hydrogens is 436 g/mol. The number of rotatable bonds is 5. The summed E-state index contributed by atoms with van der Waals surface area (Å²) in [6, 6.07) is 21.8. The minimum Gasteiger partial charge on any atom is -0.353 e. The van der Waals surface area contributed by atoms with E-state index in [2.05, 4.69) is 23.7 Å². The lowest BCUT2D eigenvalue weighted by Gasteiger charge is -2.35. The molecule has 0 unspecified atom stereocenters. The molecule has 4 aromatic rings. The molecule has 1 aliphatic rings. The Hall–Kier alpha value is -4.00. The molecule has 35 heavy (non-hydrogen) atoms. The van der Waals surface area contributed by atoms with Crippen molar-refractivity contribution in [2.75, 3.05) is 31.1 Å². The molecule has 0 saturated carbocycles. The number of anilines is 1. The monoisotopic (exact) mass is 466 g/mol. The third-order valence-electron chi connectivity index (χ3n) is 6.28. The van der Waals surface area contributed by atoms with E-state index in [1.165, 1.54) is 0 Å². The fourth-order valence-electron chi connectivity index (χ4n) is 4.36. The first-order valence-corrected chi connectivity index (χ1v) is 12.1.